The fraction of sp³-hybridized carbons (Fsp3) is 0.625. The van der Waals surface area contributed by atoms with E-state index in [1.54, 1.807) is 7.11 Å². The number of hydrogen-bond donors (Lipinski definition) is 1. The van der Waals surface area contributed by atoms with Gasteiger partial charge in [-0.05, 0) is 43.5 Å². The number of likely N-dealkylation sites (tertiary alicyclic amines) is 1. The molecule has 1 saturated heterocycles. The second-order valence-corrected chi connectivity index (χ2v) is 5.39. The van der Waals surface area contributed by atoms with Crippen molar-refractivity contribution in [3.63, 3.8) is 0 Å². The van der Waals surface area contributed by atoms with Crippen LogP contribution in [-0.2, 0) is 6.54 Å². The maximum atomic E-state index is 9.86. The number of benzene rings is 1. The van der Waals surface area contributed by atoms with E-state index in [0.717, 1.165) is 6.54 Å². The van der Waals surface area contributed by atoms with E-state index in [9.17, 15) is 5.11 Å². The number of aromatic hydroxyl groups is 1. The minimum Gasteiger partial charge on any atom is -0.504 e. The molecule has 1 heterocycles. The third-order valence-corrected chi connectivity index (χ3v) is 4.10. The largest absolute Gasteiger partial charge is 0.504 e. The number of nitrogens with zero attached hydrogens (tertiary/aromatic N) is 1. The normalized spacial score (nSPS) is 21.1. The van der Waals surface area contributed by atoms with Gasteiger partial charge in [-0.1, -0.05) is 25.8 Å². The second-order valence-electron chi connectivity index (χ2n) is 5.39. The average molecular weight is 263 g/mol. The maximum Gasteiger partial charge on any atom is 0.160 e. The Kier molecular flexibility index (Phi) is 5.08. The molecule has 2 rings (SSSR count). The molecule has 1 fully saturated rings. The Balaban J connectivity index is 2.07. The Morgan fingerprint density at radius 2 is 2.16 bits per heavy atom. The van der Waals surface area contributed by atoms with E-state index >= 15 is 0 Å². The van der Waals surface area contributed by atoms with Crippen molar-refractivity contribution in [1.29, 1.82) is 0 Å². The molecule has 1 N–H and O–H groups in total. The highest BCUT2D eigenvalue weighted by atomic mass is 16.5. The molecule has 1 aromatic rings. The van der Waals surface area contributed by atoms with Crippen molar-refractivity contribution < 1.29 is 9.84 Å². The van der Waals surface area contributed by atoms with Crippen molar-refractivity contribution in [1.82, 2.24) is 4.90 Å². The van der Waals surface area contributed by atoms with E-state index < -0.39 is 0 Å². The van der Waals surface area contributed by atoms with Crippen LogP contribution in [0.5, 0.6) is 11.5 Å². The predicted octanol–water partition coefficient (Wildman–Crippen LogP) is 3.56. The zero-order valence-electron chi connectivity index (χ0n) is 12.1. The van der Waals surface area contributed by atoms with Crippen molar-refractivity contribution in [2.75, 3.05) is 13.7 Å². The van der Waals surface area contributed by atoms with Crippen LogP contribution in [0.4, 0.5) is 0 Å². The first kappa shape index (κ1) is 14.2. The van der Waals surface area contributed by atoms with Crippen LogP contribution >= 0.6 is 0 Å². The molecule has 0 amide bonds. The number of hydrogen-bond acceptors (Lipinski definition) is 3. The first-order chi connectivity index (χ1) is 9.24. The first-order valence-electron chi connectivity index (χ1n) is 7.34. The summed E-state index contributed by atoms with van der Waals surface area (Å²) in [7, 11) is 1.58. The van der Waals surface area contributed by atoms with Crippen LogP contribution in [0.15, 0.2) is 18.2 Å². The lowest BCUT2D eigenvalue weighted by Gasteiger charge is -2.29. The minimum atomic E-state index is 0.239. The summed E-state index contributed by atoms with van der Waals surface area (Å²) in [4.78, 5) is 2.56. The highest BCUT2D eigenvalue weighted by molar-refractivity contribution is 5.41. The standard InChI is InChI=1S/C16H25NO2/c1-3-14-7-5-4-6-10-17(14)12-13-8-9-16(19-2)15(18)11-13/h8-9,11,14,18H,3-7,10,12H2,1-2H3. The fourth-order valence-electron chi connectivity index (χ4n) is 2.98. The van der Waals surface area contributed by atoms with Gasteiger partial charge in [-0.2, -0.15) is 0 Å². The number of methoxy groups -OCH3 is 1. The van der Waals surface area contributed by atoms with Gasteiger partial charge in [-0.3, -0.25) is 4.90 Å². The molecule has 1 unspecified atom stereocenters. The number of rotatable bonds is 4. The first-order valence-corrected chi connectivity index (χ1v) is 7.34. The second kappa shape index (κ2) is 6.80. The van der Waals surface area contributed by atoms with Gasteiger partial charge in [0.2, 0.25) is 0 Å². The van der Waals surface area contributed by atoms with Gasteiger partial charge in [0, 0.05) is 12.6 Å². The van der Waals surface area contributed by atoms with Crippen molar-refractivity contribution in [3.05, 3.63) is 23.8 Å². The van der Waals surface area contributed by atoms with E-state index in [1.807, 2.05) is 12.1 Å². The van der Waals surface area contributed by atoms with Gasteiger partial charge in [0.1, 0.15) is 0 Å². The van der Waals surface area contributed by atoms with Gasteiger partial charge in [0.25, 0.3) is 0 Å². The number of phenolic OH excluding ortho intramolecular Hbond substituents is 1. The van der Waals surface area contributed by atoms with Crippen molar-refractivity contribution in [2.24, 2.45) is 0 Å². The van der Waals surface area contributed by atoms with E-state index in [-0.39, 0.29) is 5.75 Å². The molecule has 0 aromatic heterocycles. The average Bonchev–Trinajstić information content (AvgIpc) is 2.64. The van der Waals surface area contributed by atoms with Crippen LogP contribution < -0.4 is 4.74 Å². The molecule has 3 nitrogen and oxygen atoms in total. The van der Waals surface area contributed by atoms with Crippen LogP contribution in [0.3, 0.4) is 0 Å². The highest BCUT2D eigenvalue weighted by Gasteiger charge is 2.19. The quantitative estimate of drug-likeness (QED) is 0.901. The molecule has 0 bridgehead atoms. The van der Waals surface area contributed by atoms with Crippen molar-refractivity contribution in [2.45, 2.75) is 51.6 Å². The third-order valence-electron chi connectivity index (χ3n) is 4.10. The Morgan fingerprint density at radius 3 is 2.84 bits per heavy atom. The van der Waals surface area contributed by atoms with Gasteiger partial charge in [-0.25, -0.2) is 0 Å². The molecule has 19 heavy (non-hydrogen) atoms. The zero-order chi connectivity index (χ0) is 13.7. The van der Waals surface area contributed by atoms with Gasteiger partial charge in [0.15, 0.2) is 11.5 Å². The third kappa shape index (κ3) is 3.63. The molecule has 1 aliphatic rings. The minimum absolute atomic E-state index is 0.239. The van der Waals surface area contributed by atoms with Crippen LogP contribution in [0.1, 0.15) is 44.6 Å². The van der Waals surface area contributed by atoms with Crippen LogP contribution in [0, 0.1) is 0 Å². The van der Waals surface area contributed by atoms with Crippen molar-refractivity contribution in [3.8, 4) is 11.5 Å². The molecule has 1 aromatic carbocycles. The Morgan fingerprint density at radius 1 is 1.32 bits per heavy atom. The van der Waals surface area contributed by atoms with Crippen LogP contribution in [0.2, 0.25) is 0 Å². The molecule has 0 radical (unpaired) electrons. The van der Waals surface area contributed by atoms with E-state index in [0.29, 0.717) is 11.8 Å². The summed E-state index contributed by atoms with van der Waals surface area (Å²) in [5.74, 6) is 0.787. The maximum absolute atomic E-state index is 9.86. The molecule has 0 spiro atoms. The molecule has 1 aliphatic heterocycles. The lowest BCUT2D eigenvalue weighted by atomic mass is 10.1. The molecule has 1 atom stereocenters. The summed E-state index contributed by atoms with van der Waals surface area (Å²) >= 11 is 0. The summed E-state index contributed by atoms with van der Waals surface area (Å²) in [5, 5.41) is 9.86. The monoisotopic (exact) mass is 263 g/mol. The smallest absolute Gasteiger partial charge is 0.160 e. The lowest BCUT2D eigenvalue weighted by molar-refractivity contribution is 0.186. The van der Waals surface area contributed by atoms with Gasteiger partial charge < -0.3 is 9.84 Å². The molecular formula is C16H25NO2. The summed E-state index contributed by atoms with van der Waals surface area (Å²) in [6.07, 6.45) is 6.50. The van der Waals surface area contributed by atoms with Crippen molar-refractivity contribution >= 4 is 0 Å². The summed E-state index contributed by atoms with van der Waals surface area (Å²) in [6.45, 7) is 4.37. The predicted molar refractivity (Wildman–Crippen MR) is 77.6 cm³/mol. The summed E-state index contributed by atoms with van der Waals surface area (Å²) < 4.78 is 5.09. The zero-order valence-corrected chi connectivity index (χ0v) is 12.1. The van der Waals surface area contributed by atoms with E-state index in [2.05, 4.69) is 17.9 Å². The number of ether oxygens (including phenoxy) is 1. The van der Waals surface area contributed by atoms with Gasteiger partial charge >= 0.3 is 0 Å². The van der Waals surface area contributed by atoms with E-state index in [1.165, 1.54) is 44.2 Å². The molecule has 0 saturated carbocycles. The van der Waals surface area contributed by atoms with Crippen LogP contribution in [0.25, 0.3) is 0 Å². The Labute approximate surface area is 116 Å². The summed E-state index contributed by atoms with van der Waals surface area (Å²) in [6, 6.07) is 6.42. The van der Waals surface area contributed by atoms with Gasteiger partial charge in [0.05, 0.1) is 7.11 Å². The number of phenols is 1. The Bertz CT molecular complexity index is 406. The molecule has 0 aliphatic carbocycles. The topological polar surface area (TPSA) is 32.7 Å². The van der Waals surface area contributed by atoms with E-state index in [4.69, 9.17) is 4.74 Å². The molecule has 106 valence electrons. The molecular weight excluding hydrogens is 238 g/mol. The lowest BCUT2D eigenvalue weighted by Crippen LogP contribution is -2.33. The molecule has 3 heteroatoms. The van der Waals surface area contributed by atoms with Gasteiger partial charge in [-0.15, -0.1) is 0 Å². The van der Waals surface area contributed by atoms with Crippen LogP contribution in [-0.4, -0.2) is 29.7 Å². The SMILES string of the molecule is CCC1CCCCCN1Cc1ccc(OC)c(O)c1. The fourth-order valence-corrected chi connectivity index (χ4v) is 2.98. The highest BCUT2D eigenvalue weighted by Crippen LogP contribution is 2.28. The summed E-state index contributed by atoms with van der Waals surface area (Å²) in [5.41, 5.74) is 1.17. The Hall–Kier alpha value is -1.22.